The Bertz CT molecular complexity index is 859. The van der Waals surface area contributed by atoms with Crippen molar-refractivity contribution >= 4 is 79.7 Å². The number of aliphatic hydroxyl groups excluding tert-OH is 1. The van der Waals surface area contributed by atoms with E-state index in [4.69, 9.17) is 14.2 Å². The molecule has 1 atom stereocenters. The van der Waals surface area contributed by atoms with E-state index >= 15 is 0 Å². The average molecular weight is 813 g/mol. The molecular weight excluding hydrogens is 779 g/mol. The third-order valence-corrected chi connectivity index (χ3v) is 9.87. The molecule has 0 aliphatic carbocycles. The summed E-state index contributed by atoms with van der Waals surface area (Å²) in [5.74, 6) is -0.836. The summed E-state index contributed by atoms with van der Waals surface area (Å²) in [6.45, 7) is 8.92. The van der Waals surface area contributed by atoms with Crippen molar-refractivity contribution in [2.24, 2.45) is 0 Å². The summed E-state index contributed by atoms with van der Waals surface area (Å²) in [5, 5.41) is 10.2. The SMILES string of the molecule is CN1C(C)(C)CC(OCC(O)COC(=O)CCCOC(=O)c2cc(I)cc(I)c2I)CC1(C)C. The molecule has 0 aromatic heterocycles. The number of rotatable bonds is 10. The molecular formula is C24H34I3NO6. The Kier molecular flexibility index (Phi) is 11.8. The first kappa shape index (κ1) is 30.5. The van der Waals surface area contributed by atoms with Gasteiger partial charge in [-0.15, -0.1) is 0 Å². The number of hydrogen-bond acceptors (Lipinski definition) is 7. The van der Waals surface area contributed by atoms with E-state index in [0.29, 0.717) is 12.0 Å². The summed E-state index contributed by atoms with van der Waals surface area (Å²) < 4.78 is 19.2. The third kappa shape index (κ3) is 8.96. The van der Waals surface area contributed by atoms with E-state index in [1.54, 1.807) is 6.07 Å². The monoisotopic (exact) mass is 813 g/mol. The highest BCUT2D eigenvalue weighted by Gasteiger charge is 2.43. The van der Waals surface area contributed by atoms with Crippen molar-refractivity contribution in [3.63, 3.8) is 0 Å². The Hall–Kier alpha value is 0.230. The van der Waals surface area contributed by atoms with Crippen LogP contribution in [0.25, 0.3) is 0 Å². The van der Waals surface area contributed by atoms with Crippen molar-refractivity contribution in [2.45, 2.75) is 76.7 Å². The highest BCUT2D eigenvalue weighted by Crippen LogP contribution is 2.38. The zero-order valence-electron chi connectivity index (χ0n) is 20.3. The molecule has 7 nitrogen and oxygen atoms in total. The van der Waals surface area contributed by atoms with Gasteiger partial charge in [0.05, 0.1) is 24.9 Å². The predicted octanol–water partition coefficient (Wildman–Crippen LogP) is 5.01. The van der Waals surface area contributed by atoms with Crippen molar-refractivity contribution in [2.75, 3.05) is 26.9 Å². The van der Waals surface area contributed by atoms with E-state index < -0.39 is 18.0 Å². The van der Waals surface area contributed by atoms with Gasteiger partial charge in [-0.2, -0.15) is 0 Å². The van der Waals surface area contributed by atoms with Crippen molar-refractivity contribution in [3.05, 3.63) is 28.4 Å². The zero-order valence-corrected chi connectivity index (χ0v) is 26.8. The van der Waals surface area contributed by atoms with E-state index in [1.165, 1.54) is 0 Å². The van der Waals surface area contributed by atoms with Gasteiger partial charge in [-0.1, -0.05) is 0 Å². The Labute approximate surface area is 243 Å². The summed E-state index contributed by atoms with van der Waals surface area (Å²) in [7, 11) is 2.13. The van der Waals surface area contributed by atoms with Crippen molar-refractivity contribution in [1.82, 2.24) is 4.90 Å². The number of aliphatic hydroxyl groups is 1. The lowest BCUT2D eigenvalue weighted by atomic mass is 9.79. The van der Waals surface area contributed by atoms with Crippen LogP contribution in [0.2, 0.25) is 0 Å². The van der Waals surface area contributed by atoms with Crippen LogP contribution in [-0.2, 0) is 19.0 Å². The fourth-order valence-electron chi connectivity index (χ4n) is 4.12. The minimum absolute atomic E-state index is 0.00297. The first-order chi connectivity index (χ1) is 15.7. The second kappa shape index (κ2) is 13.2. The van der Waals surface area contributed by atoms with Crippen LogP contribution < -0.4 is 0 Å². The van der Waals surface area contributed by atoms with Crippen molar-refractivity contribution in [1.29, 1.82) is 0 Å². The summed E-state index contributed by atoms with van der Waals surface area (Å²) in [6, 6.07) is 3.78. The van der Waals surface area contributed by atoms with Gasteiger partial charge in [-0.3, -0.25) is 9.69 Å². The molecule has 10 heteroatoms. The molecule has 1 N–H and O–H groups in total. The fraction of sp³-hybridized carbons (Fsp3) is 0.667. The van der Waals surface area contributed by atoms with Gasteiger partial charge in [0.25, 0.3) is 0 Å². The largest absolute Gasteiger partial charge is 0.463 e. The number of benzene rings is 1. The van der Waals surface area contributed by atoms with Gasteiger partial charge in [0.1, 0.15) is 12.7 Å². The van der Waals surface area contributed by atoms with Gasteiger partial charge in [0.2, 0.25) is 0 Å². The Morgan fingerprint density at radius 3 is 2.32 bits per heavy atom. The number of piperidine rings is 1. The van der Waals surface area contributed by atoms with E-state index in [1.807, 2.05) is 6.07 Å². The second-order valence-corrected chi connectivity index (χ2v) is 13.4. The van der Waals surface area contributed by atoms with Gasteiger partial charge in [0.15, 0.2) is 0 Å². The summed E-state index contributed by atoms with van der Waals surface area (Å²) in [4.78, 5) is 26.7. The van der Waals surface area contributed by atoms with Crippen LogP contribution in [0, 0.1) is 10.7 Å². The lowest BCUT2D eigenvalue weighted by Crippen LogP contribution is -2.60. The van der Waals surface area contributed by atoms with Crippen LogP contribution in [0.5, 0.6) is 0 Å². The molecule has 0 amide bonds. The van der Waals surface area contributed by atoms with Crippen molar-refractivity contribution in [3.8, 4) is 0 Å². The maximum Gasteiger partial charge on any atom is 0.339 e. The molecule has 1 aromatic rings. The summed E-state index contributed by atoms with van der Waals surface area (Å²) in [5.41, 5.74) is 0.533. The van der Waals surface area contributed by atoms with E-state index in [0.717, 1.165) is 23.6 Å². The molecule has 0 spiro atoms. The number of carbonyl (C=O) groups excluding carboxylic acids is 2. The second-order valence-electron chi connectivity index (χ2n) is 9.87. The lowest BCUT2D eigenvalue weighted by molar-refractivity contribution is -0.150. The van der Waals surface area contributed by atoms with Gasteiger partial charge in [-0.05, 0) is 134 Å². The van der Waals surface area contributed by atoms with E-state index in [9.17, 15) is 14.7 Å². The van der Waals surface area contributed by atoms with Crippen LogP contribution in [0.1, 0.15) is 63.7 Å². The lowest BCUT2D eigenvalue weighted by Gasteiger charge is -2.53. The molecule has 1 aliphatic heterocycles. The summed E-state index contributed by atoms with van der Waals surface area (Å²) in [6.07, 6.45) is 1.38. The highest BCUT2D eigenvalue weighted by molar-refractivity contribution is 14.1. The molecule has 192 valence electrons. The van der Waals surface area contributed by atoms with Gasteiger partial charge in [-0.25, -0.2) is 4.79 Å². The topological polar surface area (TPSA) is 85.3 Å². The number of ether oxygens (including phenoxy) is 3. The maximum absolute atomic E-state index is 12.3. The summed E-state index contributed by atoms with van der Waals surface area (Å²) >= 11 is 6.48. The van der Waals surface area contributed by atoms with Crippen LogP contribution in [0.3, 0.4) is 0 Å². The fourth-order valence-corrected chi connectivity index (χ4v) is 6.49. The Balaban J connectivity index is 1.65. The average Bonchev–Trinajstić information content (AvgIpc) is 2.74. The molecule has 1 heterocycles. The normalized spacial score (nSPS) is 19.0. The van der Waals surface area contributed by atoms with Crippen LogP contribution in [0.15, 0.2) is 12.1 Å². The molecule has 1 saturated heterocycles. The van der Waals surface area contributed by atoms with Crippen LogP contribution in [0.4, 0.5) is 0 Å². The Morgan fingerprint density at radius 2 is 1.71 bits per heavy atom. The molecule has 34 heavy (non-hydrogen) atoms. The van der Waals surface area contributed by atoms with Crippen LogP contribution in [-0.4, -0.2) is 72.1 Å². The number of likely N-dealkylation sites (tertiary alicyclic amines) is 1. The van der Waals surface area contributed by atoms with Gasteiger partial charge < -0.3 is 19.3 Å². The van der Waals surface area contributed by atoms with E-state index in [-0.39, 0.29) is 43.4 Å². The molecule has 1 aromatic carbocycles. The minimum atomic E-state index is -0.877. The first-order valence-corrected chi connectivity index (χ1v) is 14.5. The molecule has 0 saturated carbocycles. The Morgan fingerprint density at radius 1 is 1.09 bits per heavy atom. The van der Waals surface area contributed by atoms with Gasteiger partial charge in [0, 0.05) is 28.2 Å². The zero-order chi connectivity index (χ0) is 25.7. The predicted molar refractivity (Wildman–Crippen MR) is 156 cm³/mol. The molecule has 2 rings (SSSR count). The molecule has 0 bridgehead atoms. The number of hydrogen-bond donors (Lipinski definition) is 1. The maximum atomic E-state index is 12.3. The highest BCUT2D eigenvalue weighted by atomic mass is 127. The molecule has 1 fully saturated rings. The molecule has 1 aliphatic rings. The quantitative estimate of drug-likeness (QED) is 0.154. The van der Waals surface area contributed by atoms with Crippen LogP contribution >= 0.6 is 67.8 Å². The van der Waals surface area contributed by atoms with Crippen molar-refractivity contribution < 1.29 is 28.9 Å². The van der Waals surface area contributed by atoms with Gasteiger partial charge >= 0.3 is 11.9 Å². The number of nitrogens with zero attached hydrogens (tertiary/aromatic N) is 1. The standard InChI is InChI=1S/C24H34I3NO6/c1-23(2)11-17(12-24(3,4)28(23)5)33-13-16(29)14-34-20(30)7-6-8-32-22(31)18-9-15(25)10-19(26)21(18)27/h9-10,16-17,29H,6-8,11-14H2,1-5H3. The van der Waals surface area contributed by atoms with E-state index in [2.05, 4.69) is 107 Å². The molecule has 1 unspecified atom stereocenters. The number of carbonyl (C=O) groups is 2. The molecule has 0 radical (unpaired) electrons. The third-order valence-electron chi connectivity index (χ3n) is 6.20. The number of esters is 2. The first-order valence-electron chi connectivity index (χ1n) is 11.2. The number of halogens is 3. The smallest absolute Gasteiger partial charge is 0.339 e. The minimum Gasteiger partial charge on any atom is -0.463 e.